The van der Waals surface area contributed by atoms with Crippen molar-refractivity contribution in [1.82, 2.24) is 20.6 Å². The van der Waals surface area contributed by atoms with Crippen LogP contribution >= 0.6 is 0 Å². The minimum absolute atomic E-state index is 0.153. The number of nitrogens with zero attached hydrogens (tertiary/aromatic N) is 3. The van der Waals surface area contributed by atoms with Crippen molar-refractivity contribution in [1.29, 1.82) is 5.26 Å². The van der Waals surface area contributed by atoms with Gasteiger partial charge in [-0.2, -0.15) is 5.26 Å². The lowest BCUT2D eigenvalue weighted by Gasteiger charge is -2.23. The lowest BCUT2D eigenvalue weighted by molar-refractivity contribution is -0.134. The molecule has 3 heterocycles. The molecule has 4 rings (SSSR count). The van der Waals surface area contributed by atoms with Gasteiger partial charge in [-0.25, -0.2) is 0 Å². The van der Waals surface area contributed by atoms with Crippen LogP contribution < -0.4 is 10.6 Å². The van der Waals surface area contributed by atoms with Gasteiger partial charge in [-0.15, -0.1) is 0 Å². The third kappa shape index (κ3) is 3.88. The van der Waals surface area contributed by atoms with E-state index in [1.807, 2.05) is 32.0 Å². The Morgan fingerprint density at radius 3 is 2.97 bits per heavy atom. The standard InChI is InChI=1S/C23H23N5O2/c1-14-10-19(17-6-5-16(11-24)22-18(17)4-3-7-26-22)20(28-15(14)2)12-27-23(29)21-13-25-8-9-30-21/h3-7,10,21,25H,8-9,12-13H2,1-2H3,(H,27,29). The average molecular weight is 401 g/mol. The fourth-order valence-corrected chi connectivity index (χ4v) is 3.64. The molecule has 2 aromatic heterocycles. The second-order valence-corrected chi connectivity index (χ2v) is 7.34. The molecule has 1 fully saturated rings. The van der Waals surface area contributed by atoms with Gasteiger partial charge in [0.1, 0.15) is 12.2 Å². The minimum Gasteiger partial charge on any atom is -0.366 e. The maximum Gasteiger partial charge on any atom is 0.250 e. The zero-order valence-electron chi connectivity index (χ0n) is 17.0. The number of amides is 1. The highest BCUT2D eigenvalue weighted by Gasteiger charge is 2.22. The Balaban J connectivity index is 1.72. The van der Waals surface area contributed by atoms with Crippen molar-refractivity contribution in [3.8, 4) is 17.2 Å². The quantitative estimate of drug-likeness (QED) is 0.696. The van der Waals surface area contributed by atoms with Crippen LogP contribution in [0.5, 0.6) is 0 Å². The summed E-state index contributed by atoms with van der Waals surface area (Å²) in [6.45, 7) is 6.04. The molecule has 0 saturated carbocycles. The number of hydrogen-bond donors (Lipinski definition) is 2. The first-order valence-electron chi connectivity index (χ1n) is 9.94. The van der Waals surface area contributed by atoms with Gasteiger partial charge in [-0.1, -0.05) is 12.1 Å². The van der Waals surface area contributed by atoms with E-state index < -0.39 is 6.10 Å². The van der Waals surface area contributed by atoms with Crippen LogP contribution in [-0.4, -0.2) is 41.7 Å². The number of carbonyl (C=O) groups excluding carboxylic acids is 1. The molecule has 1 aromatic carbocycles. The average Bonchev–Trinajstić information content (AvgIpc) is 2.79. The molecule has 152 valence electrons. The van der Waals surface area contributed by atoms with E-state index in [1.165, 1.54) is 0 Å². The van der Waals surface area contributed by atoms with Gasteiger partial charge in [-0.05, 0) is 43.2 Å². The molecule has 1 unspecified atom stereocenters. The molecule has 0 bridgehead atoms. The molecule has 0 radical (unpaired) electrons. The number of nitrogens with one attached hydrogen (secondary N) is 2. The second-order valence-electron chi connectivity index (χ2n) is 7.34. The van der Waals surface area contributed by atoms with Gasteiger partial charge in [0.25, 0.3) is 5.91 Å². The minimum atomic E-state index is -0.492. The summed E-state index contributed by atoms with van der Waals surface area (Å²) in [6.07, 6.45) is 1.19. The maximum absolute atomic E-state index is 12.5. The number of carbonyl (C=O) groups is 1. The molecule has 1 aliphatic rings. The van der Waals surface area contributed by atoms with E-state index in [0.717, 1.165) is 40.0 Å². The smallest absolute Gasteiger partial charge is 0.250 e. The zero-order chi connectivity index (χ0) is 21.1. The van der Waals surface area contributed by atoms with Crippen LogP contribution in [0.4, 0.5) is 0 Å². The molecular weight excluding hydrogens is 378 g/mol. The molecule has 7 heteroatoms. The lowest BCUT2D eigenvalue weighted by atomic mass is 9.95. The van der Waals surface area contributed by atoms with Crippen molar-refractivity contribution in [2.75, 3.05) is 19.7 Å². The normalized spacial score (nSPS) is 16.2. The molecule has 0 aliphatic carbocycles. The predicted molar refractivity (Wildman–Crippen MR) is 114 cm³/mol. The van der Waals surface area contributed by atoms with Crippen LogP contribution in [0.3, 0.4) is 0 Å². The number of hydrogen-bond acceptors (Lipinski definition) is 6. The van der Waals surface area contributed by atoms with Crippen molar-refractivity contribution in [2.24, 2.45) is 0 Å². The Labute approximate surface area is 175 Å². The van der Waals surface area contributed by atoms with Crippen molar-refractivity contribution in [2.45, 2.75) is 26.5 Å². The van der Waals surface area contributed by atoms with Crippen LogP contribution in [0.1, 0.15) is 22.5 Å². The molecule has 2 N–H and O–H groups in total. The van der Waals surface area contributed by atoms with Crippen molar-refractivity contribution < 1.29 is 9.53 Å². The summed E-state index contributed by atoms with van der Waals surface area (Å²) >= 11 is 0. The number of morpholine rings is 1. The van der Waals surface area contributed by atoms with Crippen LogP contribution in [0.2, 0.25) is 0 Å². The number of aryl methyl sites for hydroxylation is 2. The fraction of sp³-hybridized carbons (Fsp3) is 0.304. The summed E-state index contributed by atoms with van der Waals surface area (Å²) in [6, 6.07) is 11.8. The molecule has 1 aliphatic heterocycles. The molecule has 1 amide bonds. The number of benzene rings is 1. The van der Waals surface area contributed by atoms with Gasteiger partial charge in [0, 0.05) is 35.9 Å². The summed E-state index contributed by atoms with van der Waals surface area (Å²) in [4.78, 5) is 21.7. The van der Waals surface area contributed by atoms with Crippen LogP contribution in [0, 0.1) is 25.2 Å². The molecule has 3 aromatic rings. The number of aromatic nitrogens is 2. The van der Waals surface area contributed by atoms with Crippen LogP contribution in [-0.2, 0) is 16.1 Å². The molecule has 1 saturated heterocycles. The number of fused-ring (bicyclic) bond motifs is 1. The zero-order valence-corrected chi connectivity index (χ0v) is 17.0. The summed E-state index contributed by atoms with van der Waals surface area (Å²) in [5.74, 6) is -0.153. The van der Waals surface area contributed by atoms with E-state index in [9.17, 15) is 10.1 Å². The molecule has 1 atom stereocenters. The highest BCUT2D eigenvalue weighted by atomic mass is 16.5. The van der Waals surface area contributed by atoms with E-state index in [4.69, 9.17) is 9.72 Å². The first kappa shape index (κ1) is 20.0. The van der Waals surface area contributed by atoms with E-state index in [2.05, 4.69) is 27.8 Å². The van der Waals surface area contributed by atoms with Crippen LogP contribution in [0.25, 0.3) is 22.0 Å². The van der Waals surface area contributed by atoms with Gasteiger partial charge in [-0.3, -0.25) is 14.8 Å². The van der Waals surface area contributed by atoms with E-state index in [-0.39, 0.29) is 12.5 Å². The third-order valence-electron chi connectivity index (χ3n) is 5.38. The first-order valence-corrected chi connectivity index (χ1v) is 9.94. The molecular formula is C23H23N5O2. The summed E-state index contributed by atoms with van der Waals surface area (Å²) in [5.41, 5.74) is 5.78. The Bertz CT molecular complexity index is 1150. The Hall–Kier alpha value is -3.34. The predicted octanol–water partition coefficient (Wildman–Crippen LogP) is 2.39. The largest absolute Gasteiger partial charge is 0.366 e. The summed E-state index contributed by atoms with van der Waals surface area (Å²) in [7, 11) is 0. The number of pyridine rings is 2. The Morgan fingerprint density at radius 1 is 1.33 bits per heavy atom. The SMILES string of the molecule is Cc1cc(-c2ccc(C#N)c3ncccc23)c(CNC(=O)C2CNCCO2)nc1C. The van der Waals surface area contributed by atoms with Crippen molar-refractivity contribution in [3.63, 3.8) is 0 Å². The first-order chi connectivity index (χ1) is 14.6. The third-order valence-corrected chi connectivity index (χ3v) is 5.38. The Kier molecular flexibility index (Phi) is 5.70. The van der Waals surface area contributed by atoms with Crippen molar-refractivity contribution >= 4 is 16.8 Å². The van der Waals surface area contributed by atoms with Gasteiger partial charge in [0.05, 0.1) is 29.9 Å². The van der Waals surface area contributed by atoms with Gasteiger partial charge in [0.15, 0.2) is 0 Å². The van der Waals surface area contributed by atoms with Gasteiger partial charge in [0.2, 0.25) is 0 Å². The topological polar surface area (TPSA) is 99.9 Å². The van der Waals surface area contributed by atoms with Gasteiger partial charge >= 0.3 is 0 Å². The number of nitriles is 1. The highest BCUT2D eigenvalue weighted by Crippen LogP contribution is 2.32. The summed E-state index contributed by atoms with van der Waals surface area (Å²) in [5, 5.41) is 16.4. The van der Waals surface area contributed by atoms with Crippen molar-refractivity contribution in [3.05, 3.63) is 59.0 Å². The van der Waals surface area contributed by atoms with E-state index >= 15 is 0 Å². The molecule has 7 nitrogen and oxygen atoms in total. The van der Waals surface area contributed by atoms with Crippen LogP contribution in [0.15, 0.2) is 36.5 Å². The van der Waals surface area contributed by atoms with Gasteiger partial charge < -0.3 is 15.4 Å². The van der Waals surface area contributed by atoms with E-state index in [0.29, 0.717) is 24.2 Å². The number of rotatable bonds is 4. The lowest BCUT2D eigenvalue weighted by Crippen LogP contribution is -2.47. The van der Waals surface area contributed by atoms with E-state index in [1.54, 1.807) is 12.3 Å². The monoisotopic (exact) mass is 401 g/mol. The fourth-order valence-electron chi connectivity index (χ4n) is 3.64. The maximum atomic E-state index is 12.5. The highest BCUT2D eigenvalue weighted by molar-refractivity contribution is 5.98. The number of ether oxygens (including phenoxy) is 1. The molecule has 0 spiro atoms. The molecule has 30 heavy (non-hydrogen) atoms. The Morgan fingerprint density at radius 2 is 2.20 bits per heavy atom. The second kappa shape index (κ2) is 8.57. The summed E-state index contributed by atoms with van der Waals surface area (Å²) < 4.78 is 5.54.